The smallest absolute Gasteiger partial charge is 0.422 e. The van der Waals surface area contributed by atoms with Crippen molar-refractivity contribution in [2.24, 2.45) is 11.8 Å². The second-order valence-corrected chi connectivity index (χ2v) is 8.91. The Morgan fingerprint density at radius 2 is 1.64 bits per heavy atom. The van der Waals surface area contributed by atoms with E-state index in [1.807, 2.05) is 13.8 Å². The van der Waals surface area contributed by atoms with Crippen LogP contribution in [0.1, 0.15) is 65.7 Å². The van der Waals surface area contributed by atoms with E-state index < -0.39 is 23.3 Å². The highest BCUT2D eigenvalue weighted by Gasteiger charge is 2.61. The molecule has 2 unspecified atom stereocenters. The molecule has 0 aromatic rings. The Morgan fingerprint density at radius 3 is 2.12 bits per heavy atom. The van der Waals surface area contributed by atoms with Crippen LogP contribution in [0.4, 0.5) is 13.2 Å². The number of hydrogen-bond acceptors (Lipinski definition) is 3. The highest BCUT2D eigenvalue weighted by atomic mass is 19.4. The van der Waals surface area contributed by atoms with Crippen molar-refractivity contribution in [3.63, 3.8) is 0 Å². The predicted octanol–water partition coefficient (Wildman–Crippen LogP) is 4.94. The molecular formula is C19H27F3O3. The Kier molecular flexibility index (Phi) is 4.30. The molecule has 0 amide bonds. The van der Waals surface area contributed by atoms with Gasteiger partial charge in [0.2, 0.25) is 0 Å². The molecule has 4 rings (SSSR count). The van der Waals surface area contributed by atoms with Gasteiger partial charge >= 0.3 is 12.1 Å². The second kappa shape index (κ2) is 5.73. The Labute approximate surface area is 146 Å². The fourth-order valence-corrected chi connectivity index (χ4v) is 5.37. The van der Waals surface area contributed by atoms with Gasteiger partial charge in [-0.2, -0.15) is 13.2 Å². The summed E-state index contributed by atoms with van der Waals surface area (Å²) in [5.41, 5.74) is -2.94. The molecule has 0 aromatic carbocycles. The molecule has 25 heavy (non-hydrogen) atoms. The Hall–Kier alpha value is -1.04. The molecule has 4 aliphatic carbocycles. The zero-order valence-corrected chi connectivity index (χ0v) is 15.2. The van der Waals surface area contributed by atoms with Crippen LogP contribution >= 0.6 is 0 Å². The summed E-state index contributed by atoms with van der Waals surface area (Å²) in [4.78, 5) is 12.0. The minimum Gasteiger partial charge on any atom is -0.455 e. The molecule has 6 heteroatoms. The van der Waals surface area contributed by atoms with Gasteiger partial charge in [-0.3, -0.25) is 0 Å². The minimum absolute atomic E-state index is 0.299. The maximum atomic E-state index is 12.8. The van der Waals surface area contributed by atoms with E-state index in [-0.39, 0.29) is 11.2 Å². The summed E-state index contributed by atoms with van der Waals surface area (Å²) in [5, 5.41) is 0. The van der Waals surface area contributed by atoms with E-state index in [0.717, 1.165) is 25.7 Å². The lowest BCUT2D eigenvalue weighted by molar-refractivity contribution is -0.260. The van der Waals surface area contributed by atoms with Crippen LogP contribution in [0, 0.1) is 11.8 Å². The van der Waals surface area contributed by atoms with Crippen LogP contribution in [0.3, 0.4) is 0 Å². The van der Waals surface area contributed by atoms with E-state index in [0.29, 0.717) is 31.1 Å². The van der Waals surface area contributed by atoms with Crippen molar-refractivity contribution < 1.29 is 27.4 Å². The fourth-order valence-electron chi connectivity index (χ4n) is 5.37. The lowest BCUT2D eigenvalue weighted by Gasteiger charge is -2.62. The van der Waals surface area contributed by atoms with Gasteiger partial charge in [0, 0.05) is 6.42 Å². The summed E-state index contributed by atoms with van der Waals surface area (Å²) in [7, 11) is 0. The third-order valence-electron chi connectivity index (χ3n) is 6.20. The molecule has 2 atom stereocenters. The van der Waals surface area contributed by atoms with Gasteiger partial charge in [-0.1, -0.05) is 13.5 Å². The maximum Gasteiger partial charge on any atom is 0.422 e. The van der Waals surface area contributed by atoms with E-state index in [1.54, 1.807) is 0 Å². The first-order chi connectivity index (χ1) is 11.4. The summed E-state index contributed by atoms with van der Waals surface area (Å²) >= 11 is 0. The molecule has 142 valence electrons. The first-order valence-corrected chi connectivity index (χ1v) is 9.07. The number of rotatable bonds is 5. The number of alkyl halides is 3. The van der Waals surface area contributed by atoms with Crippen LogP contribution < -0.4 is 0 Å². The zero-order chi connectivity index (χ0) is 18.7. The number of hydrogen-bond donors (Lipinski definition) is 0. The van der Waals surface area contributed by atoms with Crippen LogP contribution in [0.5, 0.6) is 0 Å². The van der Waals surface area contributed by atoms with Crippen molar-refractivity contribution in [3.8, 4) is 0 Å². The third-order valence-corrected chi connectivity index (χ3v) is 6.20. The normalized spacial score (nSPS) is 37.2. The number of halogens is 3. The minimum atomic E-state index is -4.75. The molecular weight excluding hydrogens is 333 g/mol. The highest BCUT2D eigenvalue weighted by molar-refractivity contribution is 5.89. The molecule has 0 saturated heterocycles. The van der Waals surface area contributed by atoms with Gasteiger partial charge in [0.25, 0.3) is 0 Å². The van der Waals surface area contributed by atoms with Crippen LogP contribution in [-0.4, -0.2) is 28.9 Å². The summed E-state index contributed by atoms with van der Waals surface area (Å²) in [6.45, 7) is 9.02. The fraction of sp³-hybridized carbons (Fsp3) is 0.842. The maximum absolute atomic E-state index is 12.8. The van der Waals surface area contributed by atoms with Gasteiger partial charge in [-0.25, -0.2) is 4.79 Å². The van der Waals surface area contributed by atoms with Gasteiger partial charge < -0.3 is 9.47 Å². The quantitative estimate of drug-likeness (QED) is 0.514. The lowest BCUT2D eigenvalue weighted by atomic mass is 9.52. The second-order valence-electron chi connectivity index (χ2n) is 8.91. The Balaban J connectivity index is 1.81. The molecule has 0 spiro atoms. The largest absolute Gasteiger partial charge is 0.455 e. The van der Waals surface area contributed by atoms with E-state index in [1.165, 1.54) is 0 Å². The summed E-state index contributed by atoms with van der Waals surface area (Å²) in [5.74, 6) is -0.638. The molecule has 0 N–H and O–H groups in total. The first kappa shape index (κ1) is 18.7. The summed E-state index contributed by atoms with van der Waals surface area (Å²) in [6, 6.07) is 0. The van der Waals surface area contributed by atoms with Gasteiger partial charge in [-0.05, 0) is 64.2 Å². The van der Waals surface area contributed by atoms with Gasteiger partial charge in [-0.15, -0.1) is 0 Å². The van der Waals surface area contributed by atoms with Crippen molar-refractivity contribution in [2.45, 2.75) is 88.7 Å². The molecule has 0 aliphatic heterocycles. The molecule has 4 fully saturated rings. The first-order valence-electron chi connectivity index (χ1n) is 9.07. The van der Waals surface area contributed by atoms with Crippen molar-refractivity contribution >= 4 is 5.97 Å². The van der Waals surface area contributed by atoms with Crippen molar-refractivity contribution in [1.82, 2.24) is 0 Å². The average molecular weight is 360 g/mol. The molecule has 4 bridgehead atoms. The third kappa shape index (κ3) is 3.60. The van der Waals surface area contributed by atoms with E-state index >= 15 is 0 Å². The monoisotopic (exact) mass is 360 g/mol. The molecule has 0 aromatic heterocycles. The predicted molar refractivity (Wildman–Crippen MR) is 86.9 cm³/mol. The lowest BCUT2D eigenvalue weighted by Crippen LogP contribution is -2.63. The standard InChI is InChI=1S/C19H27F3O3/c1-5-16(3,4)25-18-9-13-6-14(10-18)8-17(7-13,11-18)24-15(23)12(2)19(20,21)22/h13-14H,2,5-11H2,1,3-4H3. The van der Waals surface area contributed by atoms with Gasteiger partial charge in [0.05, 0.1) is 11.2 Å². The van der Waals surface area contributed by atoms with Gasteiger partial charge in [0.1, 0.15) is 11.2 Å². The molecule has 4 aliphatic rings. The summed E-state index contributed by atoms with van der Waals surface area (Å²) < 4.78 is 50.3. The number of carbonyl (C=O) groups is 1. The number of esters is 1. The zero-order valence-electron chi connectivity index (χ0n) is 15.2. The van der Waals surface area contributed by atoms with Crippen LogP contribution in [-0.2, 0) is 14.3 Å². The number of carbonyl (C=O) groups excluding carboxylic acids is 1. The molecule has 4 saturated carbocycles. The van der Waals surface area contributed by atoms with Crippen LogP contribution in [0.2, 0.25) is 0 Å². The molecule has 3 nitrogen and oxygen atoms in total. The van der Waals surface area contributed by atoms with E-state index in [2.05, 4.69) is 13.5 Å². The Bertz CT molecular complexity index is 565. The SMILES string of the molecule is C=C(C(=O)OC12CC3CC(C1)CC(OC(C)(C)CC)(C3)C2)C(F)(F)F. The van der Waals surface area contributed by atoms with Crippen molar-refractivity contribution in [1.29, 1.82) is 0 Å². The number of ether oxygens (including phenoxy) is 2. The Morgan fingerprint density at radius 1 is 1.12 bits per heavy atom. The topological polar surface area (TPSA) is 35.5 Å². The van der Waals surface area contributed by atoms with Gasteiger partial charge in [0.15, 0.2) is 0 Å². The van der Waals surface area contributed by atoms with E-state index in [4.69, 9.17) is 9.47 Å². The van der Waals surface area contributed by atoms with Crippen LogP contribution in [0.15, 0.2) is 12.2 Å². The van der Waals surface area contributed by atoms with Crippen molar-refractivity contribution in [3.05, 3.63) is 12.2 Å². The highest BCUT2D eigenvalue weighted by Crippen LogP contribution is 2.61. The molecule has 0 heterocycles. The average Bonchev–Trinajstić information content (AvgIpc) is 2.42. The van der Waals surface area contributed by atoms with E-state index in [9.17, 15) is 18.0 Å². The van der Waals surface area contributed by atoms with Crippen molar-refractivity contribution in [2.75, 3.05) is 0 Å². The van der Waals surface area contributed by atoms with Crippen LogP contribution in [0.25, 0.3) is 0 Å². The molecule has 0 radical (unpaired) electrons. The summed E-state index contributed by atoms with van der Waals surface area (Å²) in [6.07, 6.45) is 0.735.